The second-order valence-corrected chi connectivity index (χ2v) is 4.88. The third-order valence-corrected chi connectivity index (χ3v) is 3.15. The molecule has 0 unspecified atom stereocenters. The Bertz CT molecular complexity index is 598. The summed E-state index contributed by atoms with van der Waals surface area (Å²) in [6.45, 7) is 1.92. The average molecular weight is 279 g/mol. The van der Waals surface area contributed by atoms with Crippen LogP contribution >= 0.6 is 11.3 Å². The molecule has 0 aliphatic rings. The van der Waals surface area contributed by atoms with E-state index in [1.54, 1.807) is 18.3 Å². The van der Waals surface area contributed by atoms with E-state index in [4.69, 9.17) is 9.47 Å². The van der Waals surface area contributed by atoms with Gasteiger partial charge in [-0.15, -0.1) is 11.3 Å². The molecule has 7 heteroatoms. The van der Waals surface area contributed by atoms with E-state index >= 15 is 0 Å². The van der Waals surface area contributed by atoms with Gasteiger partial charge in [0, 0.05) is 17.1 Å². The predicted octanol–water partition coefficient (Wildman–Crippen LogP) is 2.12. The van der Waals surface area contributed by atoms with Crippen LogP contribution < -0.4 is 14.8 Å². The van der Waals surface area contributed by atoms with Gasteiger partial charge in [-0.2, -0.15) is 4.98 Å². The molecule has 2 aromatic rings. The maximum Gasteiger partial charge on any atom is 0.262 e. The molecule has 0 atom stereocenters. The summed E-state index contributed by atoms with van der Waals surface area (Å²) in [4.78, 5) is 21.2. The first-order valence-corrected chi connectivity index (χ1v) is 6.28. The van der Waals surface area contributed by atoms with Crippen LogP contribution in [0.2, 0.25) is 0 Å². The van der Waals surface area contributed by atoms with Gasteiger partial charge >= 0.3 is 0 Å². The van der Waals surface area contributed by atoms with Gasteiger partial charge in [0.2, 0.25) is 11.8 Å². The Kier molecular flexibility index (Phi) is 3.96. The second-order valence-electron chi connectivity index (χ2n) is 3.64. The van der Waals surface area contributed by atoms with Crippen LogP contribution in [0.1, 0.15) is 15.2 Å². The third kappa shape index (κ3) is 3.00. The van der Waals surface area contributed by atoms with E-state index in [2.05, 4.69) is 15.3 Å². The fourth-order valence-corrected chi connectivity index (χ4v) is 2.10. The first-order valence-electron chi connectivity index (χ1n) is 5.47. The van der Waals surface area contributed by atoms with Gasteiger partial charge < -0.3 is 9.47 Å². The number of nitrogens with one attached hydrogen (secondary N) is 1. The van der Waals surface area contributed by atoms with Crippen molar-refractivity contribution in [3.05, 3.63) is 28.8 Å². The number of ether oxygens (including phenoxy) is 2. The van der Waals surface area contributed by atoms with Crippen LogP contribution in [-0.4, -0.2) is 30.1 Å². The SMILES string of the molecule is COc1ccc(C(=O)Nc2ncc(C)s2)c(OC)n1. The van der Waals surface area contributed by atoms with Gasteiger partial charge in [0.25, 0.3) is 5.91 Å². The number of carbonyl (C=O) groups excluding carboxylic acids is 1. The maximum atomic E-state index is 12.1. The van der Waals surface area contributed by atoms with E-state index in [0.29, 0.717) is 16.6 Å². The van der Waals surface area contributed by atoms with Crippen LogP contribution in [0.25, 0.3) is 0 Å². The van der Waals surface area contributed by atoms with E-state index < -0.39 is 0 Å². The highest BCUT2D eigenvalue weighted by atomic mass is 32.1. The summed E-state index contributed by atoms with van der Waals surface area (Å²) in [5, 5.41) is 3.24. The molecule has 6 nitrogen and oxygen atoms in total. The summed E-state index contributed by atoms with van der Waals surface area (Å²) in [5.74, 6) is 0.282. The molecule has 0 saturated heterocycles. The quantitative estimate of drug-likeness (QED) is 0.928. The zero-order chi connectivity index (χ0) is 13.8. The highest BCUT2D eigenvalue weighted by molar-refractivity contribution is 7.15. The fraction of sp³-hybridized carbons (Fsp3) is 0.250. The van der Waals surface area contributed by atoms with Crippen LogP contribution in [0.4, 0.5) is 5.13 Å². The van der Waals surface area contributed by atoms with Crippen molar-refractivity contribution in [2.24, 2.45) is 0 Å². The summed E-state index contributed by atoms with van der Waals surface area (Å²) in [5.41, 5.74) is 0.330. The number of pyridine rings is 1. The van der Waals surface area contributed by atoms with Crippen molar-refractivity contribution in [1.82, 2.24) is 9.97 Å². The number of hydrogen-bond acceptors (Lipinski definition) is 6. The highest BCUT2D eigenvalue weighted by Crippen LogP contribution is 2.22. The minimum atomic E-state index is -0.318. The Labute approximate surface area is 114 Å². The fourth-order valence-electron chi connectivity index (χ4n) is 1.44. The molecule has 2 heterocycles. The number of thiazole rings is 1. The summed E-state index contributed by atoms with van der Waals surface area (Å²) in [6, 6.07) is 3.20. The lowest BCUT2D eigenvalue weighted by molar-refractivity contribution is 0.102. The van der Waals surface area contributed by atoms with Gasteiger partial charge in [-0.3, -0.25) is 10.1 Å². The molecule has 2 aromatic heterocycles. The largest absolute Gasteiger partial charge is 0.481 e. The van der Waals surface area contributed by atoms with Crippen molar-refractivity contribution in [2.75, 3.05) is 19.5 Å². The summed E-state index contributed by atoms with van der Waals surface area (Å²) in [6.07, 6.45) is 1.70. The van der Waals surface area contributed by atoms with E-state index in [0.717, 1.165) is 4.88 Å². The van der Waals surface area contributed by atoms with E-state index in [1.807, 2.05) is 6.92 Å². The molecular formula is C12H13N3O3S. The van der Waals surface area contributed by atoms with Crippen molar-refractivity contribution in [2.45, 2.75) is 6.92 Å². The lowest BCUT2D eigenvalue weighted by Gasteiger charge is -2.08. The average Bonchev–Trinajstić information content (AvgIpc) is 2.83. The van der Waals surface area contributed by atoms with Gasteiger partial charge in [0.15, 0.2) is 5.13 Å². The highest BCUT2D eigenvalue weighted by Gasteiger charge is 2.16. The van der Waals surface area contributed by atoms with Gasteiger partial charge in [-0.25, -0.2) is 4.98 Å². The van der Waals surface area contributed by atoms with Crippen LogP contribution in [-0.2, 0) is 0 Å². The first kappa shape index (κ1) is 13.3. The van der Waals surface area contributed by atoms with Crippen molar-refractivity contribution in [1.29, 1.82) is 0 Å². The number of aromatic nitrogens is 2. The Morgan fingerprint density at radius 3 is 2.68 bits per heavy atom. The van der Waals surface area contributed by atoms with Gasteiger partial charge in [0.05, 0.1) is 14.2 Å². The molecule has 0 aromatic carbocycles. The number of carbonyl (C=O) groups is 1. The van der Waals surface area contributed by atoms with E-state index in [9.17, 15) is 4.79 Å². The molecule has 1 N–H and O–H groups in total. The standard InChI is InChI=1S/C12H13N3O3S/c1-7-6-13-12(19-7)15-10(16)8-4-5-9(17-2)14-11(8)18-3/h4-6H,1-3H3,(H,13,15,16). The van der Waals surface area contributed by atoms with Crippen LogP contribution in [0.15, 0.2) is 18.3 Å². The Balaban J connectivity index is 2.23. The molecule has 0 radical (unpaired) electrons. The lowest BCUT2D eigenvalue weighted by Crippen LogP contribution is -2.13. The number of methoxy groups -OCH3 is 2. The monoisotopic (exact) mass is 279 g/mol. The number of hydrogen-bond donors (Lipinski definition) is 1. The molecule has 1 amide bonds. The normalized spacial score (nSPS) is 10.1. The van der Waals surface area contributed by atoms with Crippen molar-refractivity contribution >= 4 is 22.4 Å². The minimum Gasteiger partial charge on any atom is -0.481 e. The Morgan fingerprint density at radius 1 is 1.32 bits per heavy atom. The maximum absolute atomic E-state index is 12.1. The minimum absolute atomic E-state index is 0.213. The number of aryl methyl sites for hydroxylation is 1. The molecule has 2 rings (SSSR count). The molecule has 0 fully saturated rings. The molecule has 0 bridgehead atoms. The zero-order valence-corrected chi connectivity index (χ0v) is 11.6. The van der Waals surface area contributed by atoms with Crippen molar-refractivity contribution in [3.63, 3.8) is 0 Å². The summed E-state index contributed by atoms with van der Waals surface area (Å²) in [7, 11) is 2.95. The molecular weight excluding hydrogens is 266 g/mol. The van der Waals surface area contributed by atoms with Crippen LogP contribution in [0.3, 0.4) is 0 Å². The molecule has 0 aliphatic heterocycles. The van der Waals surface area contributed by atoms with Gasteiger partial charge in [-0.05, 0) is 13.0 Å². The summed E-state index contributed by atoms with van der Waals surface area (Å²) < 4.78 is 10.1. The second kappa shape index (κ2) is 5.66. The van der Waals surface area contributed by atoms with Crippen molar-refractivity contribution in [3.8, 4) is 11.8 Å². The zero-order valence-electron chi connectivity index (χ0n) is 10.8. The van der Waals surface area contributed by atoms with Crippen LogP contribution in [0.5, 0.6) is 11.8 Å². The first-order chi connectivity index (χ1) is 9.13. The molecule has 100 valence electrons. The Morgan fingerprint density at radius 2 is 2.11 bits per heavy atom. The molecule has 0 spiro atoms. The number of anilines is 1. The topological polar surface area (TPSA) is 73.3 Å². The Hall–Kier alpha value is -2.15. The number of rotatable bonds is 4. The predicted molar refractivity (Wildman–Crippen MR) is 72.1 cm³/mol. The van der Waals surface area contributed by atoms with Gasteiger partial charge in [-0.1, -0.05) is 0 Å². The molecule has 19 heavy (non-hydrogen) atoms. The van der Waals surface area contributed by atoms with Crippen molar-refractivity contribution < 1.29 is 14.3 Å². The third-order valence-electron chi connectivity index (χ3n) is 2.32. The lowest BCUT2D eigenvalue weighted by atomic mass is 10.2. The summed E-state index contributed by atoms with van der Waals surface area (Å²) >= 11 is 1.40. The number of nitrogens with zero attached hydrogens (tertiary/aromatic N) is 2. The van der Waals surface area contributed by atoms with Crippen LogP contribution in [0, 0.1) is 6.92 Å². The smallest absolute Gasteiger partial charge is 0.262 e. The van der Waals surface area contributed by atoms with E-state index in [-0.39, 0.29) is 11.8 Å². The van der Waals surface area contributed by atoms with E-state index in [1.165, 1.54) is 25.6 Å². The molecule has 0 saturated carbocycles. The molecule has 0 aliphatic carbocycles. The number of amides is 1. The van der Waals surface area contributed by atoms with Gasteiger partial charge in [0.1, 0.15) is 5.56 Å².